The zero-order chi connectivity index (χ0) is 27.2. The third kappa shape index (κ3) is 5.83. The Morgan fingerprint density at radius 3 is 1.90 bits per heavy atom. The molecule has 0 spiro atoms. The summed E-state index contributed by atoms with van der Waals surface area (Å²) in [5.41, 5.74) is 5.70. The van der Waals surface area contributed by atoms with Crippen molar-refractivity contribution in [1.82, 2.24) is 10.2 Å². The van der Waals surface area contributed by atoms with Gasteiger partial charge < -0.3 is 20.1 Å². The molecule has 1 aliphatic carbocycles. The van der Waals surface area contributed by atoms with Crippen LogP contribution in [0, 0.1) is 0 Å². The van der Waals surface area contributed by atoms with Crippen molar-refractivity contribution in [1.29, 1.82) is 0 Å². The quantitative estimate of drug-likeness (QED) is 0.309. The maximum atomic E-state index is 13.7. The Hall–Kier alpha value is -4.91. The van der Waals surface area contributed by atoms with Gasteiger partial charge in [-0.05, 0) is 33.4 Å². The van der Waals surface area contributed by atoms with Crippen molar-refractivity contribution in [3.63, 3.8) is 0 Å². The molecule has 1 atom stereocenters. The van der Waals surface area contributed by atoms with E-state index >= 15 is 0 Å². The van der Waals surface area contributed by atoms with Crippen LogP contribution in [0.2, 0.25) is 0 Å². The SMILES string of the molecule is O=C(O)CN(Cc1ccccc1)C(=O)C(NC(=O)OCC1c2ccccc2-c2ccccc21)c1ccccc1. The van der Waals surface area contributed by atoms with Crippen LogP contribution in [0.5, 0.6) is 0 Å². The number of fused-ring (bicyclic) bond motifs is 3. The number of carboxylic acid groups (broad SMARTS) is 1. The average Bonchev–Trinajstić information content (AvgIpc) is 3.28. The van der Waals surface area contributed by atoms with Gasteiger partial charge in [-0.25, -0.2) is 4.79 Å². The number of rotatable bonds is 9. The maximum Gasteiger partial charge on any atom is 0.408 e. The van der Waals surface area contributed by atoms with Gasteiger partial charge in [0.25, 0.3) is 5.91 Å². The van der Waals surface area contributed by atoms with Crippen molar-refractivity contribution in [2.45, 2.75) is 18.5 Å². The summed E-state index contributed by atoms with van der Waals surface area (Å²) in [5.74, 6) is -1.82. The molecule has 2 N–H and O–H groups in total. The van der Waals surface area contributed by atoms with Crippen LogP contribution in [-0.4, -0.2) is 41.1 Å². The second kappa shape index (κ2) is 11.6. The second-order valence-electron chi connectivity index (χ2n) is 9.39. The Bertz CT molecular complexity index is 1430. The Morgan fingerprint density at radius 1 is 0.769 bits per heavy atom. The first kappa shape index (κ1) is 25.7. The molecule has 1 unspecified atom stereocenters. The fourth-order valence-corrected chi connectivity index (χ4v) is 5.05. The smallest absolute Gasteiger partial charge is 0.408 e. The van der Waals surface area contributed by atoms with Gasteiger partial charge in [-0.3, -0.25) is 9.59 Å². The van der Waals surface area contributed by atoms with E-state index in [1.54, 1.807) is 30.3 Å². The molecule has 0 bridgehead atoms. The topological polar surface area (TPSA) is 95.9 Å². The molecule has 1 aliphatic rings. The van der Waals surface area contributed by atoms with Gasteiger partial charge in [0.2, 0.25) is 0 Å². The minimum atomic E-state index is -1.15. The largest absolute Gasteiger partial charge is 0.480 e. The first-order valence-electron chi connectivity index (χ1n) is 12.7. The fraction of sp³-hybridized carbons (Fsp3) is 0.156. The average molecular weight is 521 g/mol. The number of nitrogens with one attached hydrogen (secondary N) is 1. The Labute approximate surface area is 226 Å². The Kier molecular flexibility index (Phi) is 7.68. The van der Waals surface area contributed by atoms with E-state index in [1.165, 1.54) is 4.90 Å². The number of benzene rings is 4. The zero-order valence-electron chi connectivity index (χ0n) is 21.2. The lowest BCUT2D eigenvalue weighted by Crippen LogP contribution is -2.44. The molecule has 7 heteroatoms. The van der Waals surface area contributed by atoms with Crippen LogP contribution in [0.15, 0.2) is 109 Å². The minimum Gasteiger partial charge on any atom is -0.480 e. The number of hydrogen-bond acceptors (Lipinski definition) is 4. The summed E-state index contributed by atoms with van der Waals surface area (Å²) in [5, 5.41) is 12.2. The lowest BCUT2D eigenvalue weighted by Gasteiger charge is -2.27. The molecule has 196 valence electrons. The molecule has 0 heterocycles. The molecule has 0 saturated heterocycles. The molecule has 7 nitrogen and oxygen atoms in total. The summed E-state index contributed by atoms with van der Waals surface area (Å²) in [6, 6.07) is 32.8. The van der Waals surface area contributed by atoms with E-state index in [4.69, 9.17) is 4.74 Å². The lowest BCUT2D eigenvalue weighted by atomic mass is 9.98. The number of amides is 2. The van der Waals surface area contributed by atoms with E-state index in [9.17, 15) is 19.5 Å². The fourth-order valence-electron chi connectivity index (χ4n) is 5.05. The van der Waals surface area contributed by atoms with Gasteiger partial charge in [-0.2, -0.15) is 0 Å². The standard InChI is InChI=1S/C32H28N2O5/c35-29(36)20-34(19-22-11-3-1-4-12-22)31(37)30(23-13-5-2-6-14-23)33-32(38)39-21-28-26-17-9-7-15-24(26)25-16-8-10-18-27(25)28/h1-18,28,30H,19-21H2,(H,33,38)(H,35,36). The van der Waals surface area contributed by atoms with Crippen LogP contribution in [0.1, 0.15) is 34.2 Å². The monoisotopic (exact) mass is 520 g/mol. The van der Waals surface area contributed by atoms with Crippen LogP contribution >= 0.6 is 0 Å². The molecule has 0 aliphatic heterocycles. The number of aliphatic carboxylic acids is 1. The number of hydrogen-bond donors (Lipinski definition) is 2. The predicted octanol–water partition coefficient (Wildman–Crippen LogP) is 5.38. The van der Waals surface area contributed by atoms with Crippen LogP contribution in [0.3, 0.4) is 0 Å². The van der Waals surface area contributed by atoms with E-state index in [2.05, 4.69) is 17.4 Å². The first-order chi connectivity index (χ1) is 19.0. The lowest BCUT2D eigenvalue weighted by molar-refractivity contribution is -0.145. The van der Waals surface area contributed by atoms with E-state index in [1.807, 2.05) is 66.7 Å². The van der Waals surface area contributed by atoms with Gasteiger partial charge in [0.15, 0.2) is 0 Å². The molecular weight excluding hydrogens is 492 g/mol. The van der Waals surface area contributed by atoms with E-state index in [-0.39, 0.29) is 19.1 Å². The highest BCUT2D eigenvalue weighted by Crippen LogP contribution is 2.44. The van der Waals surface area contributed by atoms with Crippen LogP contribution < -0.4 is 5.32 Å². The molecule has 0 fully saturated rings. The zero-order valence-corrected chi connectivity index (χ0v) is 21.2. The predicted molar refractivity (Wildman–Crippen MR) is 147 cm³/mol. The molecule has 39 heavy (non-hydrogen) atoms. The van der Waals surface area contributed by atoms with Crippen molar-refractivity contribution < 1.29 is 24.2 Å². The van der Waals surface area contributed by atoms with Crippen LogP contribution in [0.25, 0.3) is 11.1 Å². The Morgan fingerprint density at radius 2 is 1.31 bits per heavy atom. The number of nitrogens with zero attached hydrogens (tertiary/aromatic N) is 1. The molecule has 0 radical (unpaired) electrons. The van der Waals surface area contributed by atoms with Crippen LogP contribution in [0.4, 0.5) is 4.79 Å². The first-order valence-corrected chi connectivity index (χ1v) is 12.7. The number of carbonyl (C=O) groups excluding carboxylic acids is 2. The highest BCUT2D eigenvalue weighted by atomic mass is 16.5. The van der Waals surface area contributed by atoms with E-state index in [0.29, 0.717) is 5.56 Å². The molecule has 0 saturated carbocycles. The van der Waals surface area contributed by atoms with Gasteiger partial charge >= 0.3 is 12.1 Å². The summed E-state index contributed by atoms with van der Waals surface area (Å²) >= 11 is 0. The van der Waals surface area contributed by atoms with Crippen molar-refractivity contribution in [2.24, 2.45) is 0 Å². The van der Waals surface area contributed by atoms with E-state index in [0.717, 1.165) is 27.8 Å². The Balaban J connectivity index is 1.35. The third-order valence-electron chi connectivity index (χ3n) is 6.84. The number of carbonyl (C=O) groups is 3. The summed E-state index contributed by atoms with van der Waals surface area (Å²) in [7, 11) is 0. The highest BCUT2D eigenvalue weighted by Gasteiger charge is 2.32. The van der Waals surface area contributed by atoms with Crippen molar-refractivity contribution in [2.75, 3.05) is 13.2 Å². The molecule has 2 amide bonds. The third-order valence-corrected chi connectivity index (χ3v) is 6.84. The summed E-state index contributed by atoms with van der Waals surface area (Å²) in [6.45, 7) is -0.330. The van der Waals surface area contributed by atoms with E-state index < -0.39 is 30.6 Å². The van der Waals surface area contributed by atoms with Crippen LogP contribution in [-0.2, 0) is 20.9 Å². The normalized spacial score (nSPS) is 12.6. The van der Waals surface area contributed by atoms with Gasteiger partial charge in [0, 0.05) is 12.5 Å². The molecule has 4 aromatic carbocycles. The number of alkyl carbamates (subject to hydrolysis) is 1. The van der Waals surface area contributed by atoms with Gasteiger partial charge in [-0.15, -0.1) is 0 Å². The van der Waals surface area contributed by atoms with Gasteiger partial charge in [0.05, 0.1) is 0 Å². The van der Waals surface area contributed by atoms with Crippen molar-refractivity contribution in [3.8, 4) is 11.1 Å². The van der Waals surface area contributed by atoms with Gasteiger partial charge in [-0.1, -0.05) is 109 Å². The minimum absolute atomic E-state index is 0.0850. The van der Waals surface area contributed by atoms with Crippen molar-refractivity contribution in [3.05, 3.63) is 131 Å². The summed E-state index contributed by atoms with van der Waals surface area (Å²) < 4.78 is 5.68. The molecular formula is C32H28N2O5. The van der Waals surface area contributed by atoms with Gasteiger partial charge in [0.1, 0.15) is 19.2 Å². The summed E-state index contributed by atoms with van der Waals surface area (Å²) in [6.07, 6.45) is -0.756. The molecule has 5 rings (SSSR count). The maximum absolute atomic E-state index is 13.7. The number of carboxylic acids is 1. The van der Waals surface area contributed by atoms with Crippen molar-refractivity contribution >= 4 is 18.0 Å². The molecule has 0 aromatic heterocycles. The summed E-state index contributed by atoms with van der Waals surface area (Å²) in [4.78, 5) is 39.6. The second-order valence-corrected chi connectivity index (χ2v) is 9.39. The number of ether oxygens (including phenoxy) is 1. The molecule has 4 aromatic rings. The highest BCUT2D eigenvalue weighted by molar-refractivity contribution is 5.89.